The highest BCUT2D eigenvalue weighted by Crippen LogP contribution is 2.26. The number of pyridine rings is 1. The highest BCUT2D eigenvalue weighted by atomic mass is 16.6. The first-order valence-electron chi connectivity index (χ1n) is 8.49. The lowest BCUT2D eigenvalue weighted by atomic mass is 10.0. The maximum absolute atomic E-state index is 11.8. The average Bonchev–Trinajstić information content (AvgIpc) is 3.06. The zero-order chi connectivity index (χ0) is 19.6. The minimum absolute atomic E-state index is 0.174. The van der Waals surface area contributed by atoms with Crippen LogP contribution < -0.4 is 5.32 Å². The average molecular weight is 367 g/mol. The molecule has 3 aromatic rings. The van der Waals surface area contributed by atoms with Gasteiger partial charge in [-0.3, -0.25) is 0 Å². The lowest BCUT2D eigenvalue weighted by Gasteiger charge is -2.19. The number of amides is 1. The summed E-state index contributed by atoms with van der Waals surface area (Å²) in [6, 6.07) is 9.11. The molecule has 2 aromatic heterocycles. The van der Waals surface area contributed by atoms with Crippen molar-refractivity contribution in [2.75, 3.05) is 0 Å². The molecule has 27 heavy (non-hydrogen) atoms. The van der Waals surface area contributed by atoms with Gasteiger partial charge >= 0.3 is 12.1 Å². The third kappa shape index (κ3) is 4.44. The molecule has 0 aliphatic rings. The molecule has 2 heterocycles. The van der Waals surface area contributed by atoms with E-state index in [9.17, 15) is 14.7 Å². The van der Waals surface area contributed by atoms with Crippen molar-refractivity contribution in [1.29, 1.82) is 0 Å². The molecule has 1 aromatic carbocycles. The molecule has 0 spiro atoms. The smallest absolute Gasteiger partial charge is 0.407 e. The van der Waals surface area contributed by atoms with E-state index in [0.29, 0.717) is 17.8 Å². The Morgan fingerprint density at radius 2 is 2.04 bits per heavy atom. The van der Waals surface area contributed by atoms with Crippen LogP contribution in [0, 0.1) is 0 Å². The molecule has 1 amide bonds. The van der Waals surface area contributed by atoms with Crippen molar-refractivity contribution < 1.29 is 19.4 Å². The fourth-order valence-electron chi connectivity index (χ4n) is 2.70. The van der Waals surface area contributed by atoms with Gasteiger partial charge in [0.05, 0.1) is 5.56 Å². The predicted octanol–water partition coefficient (Wildman–Crippen LogP) is 3.72. The number of aromatic carboxylic acids is 1. The Kier molecular flexibility index (Phi) is 4.85. The molecule has 0 radical (unpaired) electrons. The van der Waals surface area contributed by atoms with Crippen LogP contribution in [0.2, 0.25) is 0 Å². The second-order valence-corrected chi connectivity index (χ2v) is 7.16. The first-order chi connectivity index (χ1) is 12.7. The van der Waals surface area contributed by atoms with Crippen molar-refractivity contribution in [3.05, 3.63) is 60.0 Å². The Morgan fingerprint density at radius 1 is 1.26 bits per heavy atom. The third-order valence-electron chi connectivity index (χ3n) is 3.81. The molecule has 0 atom stereocenters. The minimum Gasteiger partial charge on any atom is -0.478 e. The molecule has 0 unspecified atom stereocenters. The minimum atomic E-state index is -1.01. The van der Waals surface area contributed by atoms with E-state index in [4.69, 9.17) is 4.74 Å². The molecule has 0 bridgehead atoms. The Balaban J connectivity index is 1.88. The fourth-order valence-corrected chi connectivity index (χ4v) is 2.70. The van der Waals surface area contributed by atoms with Crippen LogP contribution in [0.4, 0.5) is 4.79 Å². The van der Waals surface area contributed by atoms with Crippen molar-refractivity contribution in [3.63, 3.8) is 0 Å². The molecular weight excluding hydrogens is 346 g/mol. The highest BCUT2D eigenvalue weighted by Gasteiger charge is 2.16. The summed E-state index contributed by atoms with van der Waals surface area (Å²) in [5, 5.41) is 12.1. The highest BCUT2D eigenvalue weighted by molar-refractivity contribution is 5.91. The lowest BCUT2D eigenvalue weighted by Crippen LogP contribution is -2.32. The number of hydrogen-bond donors (Lipinski definition) is 2. The molecule has 0 aliphatic carbocycles. The van der Waals surface area contributed by atoms with Crippen LogP contribution in [0.25, 0.3) is 16.8 Å². The molecule has 2 N–H and O–H groups in total. The number of carboxylic acid groups (broad SMARTS) is 1. The number of carbonyl (C=O) groups excluding carboxylic acids is 1. The molecule has 7 nitrogen and oxygen atoms in total. The van der Waals surface area contributed by atoms with Crippen LogP contribution in [-0.2, 0) is 11.3 Å². The molecule has 0 aliphatic heterocycles. The molecule has 3 rings (SSSR count). The number of alkyl carbamates (subject to hydrolysis) is 1. The Hall–Kier alpha value is -3.35. The van der Waals surface area contributed by atoms with E-state index >= 15 is 0 Å². The van der Waals surface area contributed by atoms with Crippen LogP contribution >= 0.6 is 0 Å². The summed E-state index contributed by atoms with van der Waals surface area (Å²) in [7, 11) is 0. The SMILES string of the molecule is CC(C)(C)OC(=O)NCc1cccc(-c2cc(C(=O)O)cn3ccnc23)c1. The number of imidazole rings is 1. The van der Waals surface area contributed by atoms with E-state index in [1.54, 1.807) is 43.6 Å². The van der Waals surface area contributed by atoms with E-state index < -0.39 is 17.7 Å². The van der Waals surface area contributed by atoms with Gasteiger partial charge in [0.2, 0.25) is 0 Å². The molecule has 140 valence electrons. The number of nitrogens with one attached hydrogen (secondary N) is 1. The van der Waals surface area contributed by atoms with Gasteiger partial charge in [-0.05, 0) is 44.0 Å². The Morgan fingerprint density at radius 3 is 2.74 bits per heavy atom. The number of carboxylic acids is 1. The van der Waals surface area contributed by atoms with E-state index in [-0.39, 0.29) is 5.56 Å². The van der Waals surface area contributed by atoms with Crippen LogP contribution in [0.3, 0.4) is 0 Å². The Bertz CT molecular complexity index is 1000. The van der Waals surface area contributed by atoms with E-state index in [0.717, 1.165) is 11.1 Å². The molecular formula is C20H21N3O4. The monoisotopic (exact) mass is 367 g/mol. The number of hydrogen-bond acceptors (Lipinski definition) is 4. The van der Waals surface area contributed by atoms with Gasteiger partial charge in [0.15, 0.2) is 0 Å². The molecule has 7 heteroatoms. The van der Waals surface area contributed by atoms with Crippen LogP contribution in [0.1, 0.15) is 36.7 Å². The first kappa shape index (κ1) is 18.4. The van der Waals surface area contributed by atoms with Gasteiger partial charge in [-0.2, -0.15) is 0 Å². The van der Waals surface area contributed by atoms with Gasteiger partial charge < -0.3 is 19.6 Å². The largest absolute Gasteiger partial charge is 0.478 e. The molecule has 0 saturated carbocycles. The van der Waals surface area contributed by atoms with Crippen molar-refractivity contribution in [2.45, 2.75) is 32.9 Å². The Labute approximate surface area is 156 Å². The maximum atomic E-state index is 11.8. The number of aromatic nitrogens is 2. The van der Waals surface area contributed by atoms with Gasteiger partial charge in [-0.15, -0.1) is 0 Å². The standard InChI is InChI=1S/C20H21N3O4/c1-20(2,3)27-19(26)22-11-13-5-4-6-14(9-13)16-10-15(18(24)25)12-23-8-7-21-17(16)23/h4-10,12H,11H2,1-3H3,(H,22,26)(H,24,25). The number of rotatable bonds is 4. The van der Waals surface area contributed by atoms with Gasteiger partial charge in [-0.1, -0.05) is 18.2 Å². The topological polar surface area (TPSA) is 92.9 Å². The second-order valence-electron chi connectivity index (χ2n) is 7.16. The summed E-state index contributed by atoms with van der Waals surface area (Å²) in [5.41, 5.74) is 2.67. The lowest BCUT2D eigenvalue weighted by molar-refractivity contribution is 0.0523. The zero-order valence-corrected chi connectivity index (χ0v) is 15.4. The van der Waals surface area contributed by atoms with Crippen molar-refractivity contribution in [3.8, 4) is 11.1 Å². The van der Waals surface area contributed by atoms with Crippen LogP contribution in [0.5, 0.6) is 0 Å². The third-order valence-corrected chi connectivity index (χ3v) is 3.81. The predicted molar refractivity (Wildman–Crippen MR) is 101 cm³/mol. The summed E-state index contributed by atoms with van der Waals surface area (Å²) in [5.74, 6) is -1.01. The summed E-state index contributed by atoms with van der Waals surface area (Å²) >= 11 is 0. The second kappa shape index (κ2) is 7.11. The number of benzene rings is 1. The summed E-state index contributed by atoms with van der Waals surface area (Å²) in [6.07, 6.45) is 4.37. The van der Waals surface area contributed by atoms with E-state index in [1.165, 1.54) is 6.20 Å². The number of fused-ring (bicyclic) bond motifs is 1. The number of carbonyl (C=O) groups is 2. The van der Waals surface area contributed by atoms with Crippen molar-refractivity contribution >= 4 is 17.7 Å². The fraction of sp³-hybridized carbons (Fsp3) is 0.250. The van der Waals surface area contributed by atoms with Crippen molar-refractivity contribution in [1.82, 2.24) is 14.7 Å². The summed E-state index contributed by atoms with van der Waals surface area (Å²) in [6.45, 7) is 5.71. The number of ether oxygens (including phenoxy) is 1. The van der Waals surface area contributed by atoms with Crippen LogP contribution in [0.15, 0.2) is 48.9 Å². The number of nitrogens with zero attached hydrogens (tertiary/aromatic N) is 2. The molecule has 0 fully saturated rings. The van der Waals surface area contributed by atoms with Gasteiger partial charge in [0, 0.05) is 30.7 Å². The van der Waals surface area contributed by atoms with E-state index in [1.807, 2.05) is 24.3 Å². The van der Waals surface area contributed by atoms with Gasteiger partial charge in [0.1, 0.15) is 11.2 Å². The van der Waals surface area contributed by atoms with Gasteiger partial charge in [-0.25, -0.2) is 14.6 Å². The first-order valence-corrected chi connectivity index (χ1v) is 8.49. The maximum Gasteiger partial charge on any atom is 0.407 e. The normalized spacial score (nSPS) is 11.4. The van der Waals surface area contributed by atoms with Crippen LogP contribution in [-0.4, -0.2) is 32.2 Å². The van der Waals surface area contributed by atoms with Crippen molar-refractivity contribution in [2.24, 2.45) is 0 Å². The van der Waals surface area contributed by atoms with E-state index in [2.05, 4.69) is 10.3 Å². The quantitative estimate of drug-likeness (QED) is 0.733. The molecule has 0 saturated heterocycles. The van der Waals surface area contributed by atoms with Gasteiger partial charge in [0.25, 0.3) is 0 Å². The zero-order valence-electron chi connectivity index (χ0n) is 15.4. The summed E-state index contributed by atoms with van der Waals surface area (Å²) < 4.78 is 6.92. The summed E-state index contributed by atoms with van der Waals surface area (Å²) in [4.78, 5) is 27.6.